The molecule has 3 N–H and O–H groups in total. The molecule has 0 fully saturated rings. The maximum absolute atomic E-state index is 13.2. The maximum atomic E-state index is 13.2. The van der Waals surface area contributed by atoms with Crippen molar-refractivity contribution in [3.05, 3.63) is 29.6 Å². The number of anilines is 1. The summed E-state index contributed by atoms with van der Waals surface area (Å²) < 4.78 is 48.9. The fraction of sp³-hybridized carbons (Fsp3) is 0.333. The first-order valence-corrected chi connectivity index (χ1v) is 5.74. The third-order valence-corrected chi connectivity index (χ3v) is 2.46. The van der Waals surface area contributed by atoms with E-state index in [0.29, 0.717) is 0 Å². The number of alkyl halides is 3. The van der Waals surface area contributed by atoms with Gasteiger partial charge in [-0.15, -0.1) is 0 Å². The summed E-state index contributed by atoms with van der Waals surface area (Å²) in [5.41, 5.74) is 5.05. The van der Waals surface area contributed by atoms with Crippen LogP contribution in [0.4, 0.5) is 23.2 Å². The monoisotopic (exact) mass is 307 g/mol. The number of carbonyl (C=O) groups excluding carboxylic acids is 2. The Bertz CT molecular complexity index is 546. The van der Waals surface area contributed by atoms with Gasteiger partial charge in [0.1, 0.15) is 12.4 Å². The van der Waals surface area contributed by atoms with E-state index in [-0.39, 0.29) is 11.3 Å². The van der Waals surface area contributed by atoms with Gasteiger partial charge in [-0.3, -0.25) is 9.59 Å². The lowest BCUT2D eigenvalue weighted by Crippen LogP contribution is -2.41. The highest BCUT2D eigenvalue weighted by atomic mass is 19.4. The van der Waals surface area contributed by atoms with Crippen LogP contribution < -0.4 is 11.1 Å². The molecule has 0 spiro atoms. The third-order valence-electron chi connectivity index (χ3n) is 2.46. The Labute approximate surface area is 117 Å². The number of benzene rings is 1. The molecule has 116 valence electrons. The van der Waals surface area contributed by atoms with E-state index in [0.717, 1.165) is 11.0 Å². The second-order valence-corrected chi connectivity index (χ2v) is 4.29. The Morgan fingerprint density at radius 3 is 2.48 bits per heavy atom. The molecule has 1 aromatic carbocycles. The lowest BCUT2D eigenvalue weighted by atomic mass is 10.1. The molecule has 0 aliphatic carbocycles. The second-order valence-electron chi connectivity index (χ2n) is 4.29. The fourth-order valence-electron chi connectivity index (χ4n) is 1.42. The number of hydrogen-bond acceptors (Lipinski definition) is 3. The Hall–Kier alpha value is -2.32. The molecule has 21 heavy (non-hydrogen) atoms. The Morgan fingerprint density at radius 2 is 1.95 bits per heavy atom. The van der Waals surface area contributed by atoms with Crippen molar-refractivity contribution < 1.29 is 27.2 Å². The van der Waals surface area contributed by atoms with E-state index in [9.17, 15) is 27.2 Å². The molecule has 0 unspecified atom stereocenters. The van der Waals surface area contributed by atoms with E-state index in [1.54, 1.807) is 5.32 Å². The van der Waals surface area contributed by atoms with Gasteiger partial charge in [0.25, 0.3) is 5.91 Å². The van der Waals surface area contributed by atoms with E-state index in [4.69, 9.17) is 5.73 Å². The Balaban J connectivity index is 2.62. The summed E-state index contributed by atoms with van der Waals surface area (Å²) in [6.07, 6.45) is -4.53. The molecule has 0 aromatic heterocycles. The first kappa shape index (κ1) is 16.7. The summed E-state index contributed by atoms with van der Waals surface area (Å²) >= 11 is 0. The van der Waals surface area contributed by atoms with Gasteiger partial charge in [-0.2, -0.15) is 13.2 Å². The second kappa shape index (κ2) is 6.42. The minimum absolute atomic E-state index is 0.0622. The van der Waals surface area contributed by atoms with E-state index in [1.807, 2.05) is 0 Å². The zero-order valence-electron chi connectivity index (χ0n) is 11.0. The average molecular weight is 307 g/mol. The summed E-state index contributed by atoms with van der Waals surface area (Å²) in [5, 5.41) is 1.63. The van der Waals surface area contributed by atoms with Gasteiger partial charge in [-0.1, -0.05) is 0 Å². The summed E-state index contributed by atoms with van der Waals surface area (Å²) in [6.45, 7) is -2.06. The van der Waals surface area contributed by atoms with Crippen molar-refractivity contribution in [2.24, 2.45) is 0 Å². The first-order chi connectivity index (χ1) is 9.60. The summed E-state index contributed by atoms with van der Waals surface area (Å²) in [6, 6.07) is 3.33. The highest BCUT2D eigenvalue weighted by Gasteiger charge is 2.28. The standard InChI is InChI=1S/C12H13F4N3O2/c1-19(5-10(20)18-6-12(14,15)16)11(21)7-2-3-9(17)8(13)4-7/h2-4H,5-6,17H2,1H3,(H,18,20). The molecular weight excluding hydrogens is 294 g/mol. The highest BCUT2D eigenvalue weighted by Crippen LogP contribution is 2.14. The SMILES string of the molecule is CN(CC(=O)NCC(F)(F)F)C(=O)c1ccc(N)c(F)c1. The largest absolute Gasteiger partial charge is 0.405 e. The predicted octanol–water partition coefficient (Wildman–Crippen LogP) is 1.16. The van der Waals surface area contributed by atoms with Crippen molar-refractivity contribution >= 4 is 17.5 Å². The molecule has 0 saturated carbocycles. The molecule has 9 heteroatoms. The number of likely N-dealkylation sites (N-methyl/N-ethyl adjacent to an activating group) is 1. The quantitative estimate of drug-likeness (QED) is 0.647. The number of nitrogens with zero attached hydrogens (tertiary/aromatic N) is 1. The number of nitrogen functional groups attached to an aromatic ring is 1. The zero-order valence-corrected chi connectivity index (χ0v) is 11.0. The molecule has 0 radical (unpaired) electrons. The lowest BCUT2D eigenvalue weighted by molar-refractivity contribution is -0.138. The van der Waals surface area contributed by atoms with E-state index in [1.165, 1.54) is 19.2 Å². The van der Waals surface area contributed by atoms with Crippen LogP contribution in [-0.4, -0.2) is 43.0 Å². The number of hydrogen-bond donors (Lipinski definition) is 2. The van der Waals surface area contributed by atoms with Crippen LogP contribution in [0.1, 0.15) is 10.4 Å². The van der Waals surface area contributed by atoms with Crippen molar-refractivity contribution in [3.8, 4) is 0 Å². The molecule has 0 bridgehead atoms. The Kier molecular flexibility index (Phi) is 5.12. The van der Waals surface area contributed by atoms with Gasteiger partial charge in [-0.05, 0) is 18.2 Å². The molecule has 0 heterocycles. The van der Waals surface area contributed by atoms with Gasteiger partial charge in [0.05, 0.1) is 12.2 Å². The zero-order chi connectivity index (χ0) is 16.2. The molecule has 1 rings (SSSR count). The van der Waals surface area contributed by atoms with Crippen LogP contribution in [0.5, 0.6) is 0 Å². The number of halogens is 4. The summed E-state index contributed by atoms with van der Waals surface area (Å²) in [5.74, 6) is -2.48. The van der Waals surface area contributed by atoms with Crippen LogP contribution >= 0.6 is 0 Å². The van der Waals surface area contributed by atoms with Crippen molar-refractivity contribution in [1.82, 2.24) is 10.2 Å². The number of rotatable bonds is 4. The van der Waals surface area contributed by atoms with Crippen LogP contribution in [0.2, 0.25) is 0 Å². The molecule has 5 nitrogen and oxygen atoms in total. The van der Waals surface area contributed by atoms with Crippen LogP contribution in [0.3, 0.4) is 0 Å². The van der Waals surface area contributed by atoms with Crippen molar-refractivity contribution in [2.75, 3.05) is 25.9 Å². The minimum atomic E-state index is -4.53. The summed E-state index contributed by atoms with van der Waals surface area (Å²) in [7, 11) is 1.21. The first-order valence-electron chi connectivity index (χ1n) is 5.74. The molecule has 0 saturated heterocycles. The number of carbonyl (C=O) groups is 2. The number of nitrogens with one attached hydrogen (secondary N) is 1. The van der Waals surface area contributed by atoms with Crippen LogP contribution in [0.25, 0.3) is 0 Å². The molecule has 0 aliphatic heterocycles. The third kappa shape index (κ3) is 5.28. The average Bonchev–Trinajstić information content (AvgIpc) is 2.38. The van der Waals surface area contributed by atoms with Gasteiger partial charge < -0.3 is 16.0 Å². The normalized spacial score (nSPS) is 11.1. The van der Waals surface area contributed by atoms with Gasteiger partial charge in [0.15, 0.2) is 0 Å². The van der Waals surface area contributed by atoms with Crippen molar-refractivity contribution in [1.29, 1.82) is 0 Å². The minimum Gasteiger partial charge on any atom is -0.396 e. The van der Waals surface area contributed by atoms with Crippen LogP contribution in [-0.2, 0) is 4.79 Å². The van der Waals surface area contributed by atoms with Crippen molar-refractivity contribution in [3.63, 3.8) is 0 Å². The molecule has 0 aliphatic rings. The highest BCUT2D eigenvalue weighted by molar-refractivity contribution is 5.96. The van der Waals surface area contributed by atoms with Gasteiger partial charge >= 0.3 is 6.18 Å². The van der Waals surface area contributed by atoms with Crippen LogP contribution in [0, 0.1) is 5.82 Å². The maximum Gasteiger partial charge on any atom is 0.405 e. The fourth-order valence-corrected chi connectivity index (χ4v) is 1.42. The smallest absolute Gasteiger partial charge is 0.396 e. The van der Waals surface area contributed by atoms with E-state index >= 15 is 0 Å². The summed E-state index contributed by atoms with van der Waals surface area (Å²) in [4.78, 5) is 24.0. The Morgan fingerprint density at radius 1 is 1.33 bits per heavy atom. The number of amides is 2. The van der Waals surface area contributed by atoms with Crippen LogP contribution in [0.15, 0.2) is 18.2 Å². The molecule has 1 aromatic rings. The van der Waals surface area contributed by atoms with Crippen molar-refractivity contribution in [2.45, 2.75) is 6.18 Å². The van der Waals surface area contributed by atoms with Gasteiger partial charge in [0.2, 0.25) is 5.91 Å². The number of nitrogens with two attached hydrogens (primary N) is 1. The molecule has 0 atom stereocenters. The predicted molar refractivity (Wildman–Crippen MR) is 66.8 cm³/mol. The van der Waals surface area contributed by atoms with E-state index < -0.39 is 36.9 Å². The van der Waals surface area contributed by atoms with Gasteiger partial charge in [0, 0.05) is 12.6 Å². The van der Waals surface area contributed by atoms with Gasteiger partial charge in [-0.25, -0.2) is 4.39 Å². The lowest BCUT2D eigenvalue weighted by Gasteiger charge is -2.17. The topological polar surface area (TPSA) is 75.4 Å². The molecular formula is C12H13F4N3O2. The molecule has 2 amide bonds. The van der Waals surface area contributed by atoms with E-state index in [2.05, 4.69) is 0 Å².